The highest BCUT2D eigenvalue weighted by Crippen LogP contribution is 2.26. The highest BCUT2D eigenvalue weighted by Gasteiger charge is 2.11. The number of aromatic hydroxyl groups is 1. The molecule has 2 aromatic carbocycles. The van der Waals surface area contributed by atoms with Crippen molar-refractivity contribution in [3.63, 3.8) is 0 Å². The molecular weight excluding hydrogens is 322 g/mol. The van der Waals surface area contributed by atoms with E-state index in [1.807, 2.05) is 38.1 Å². The minimum Gasteiger partial charge on any atom is -0.505 e. The van der Waals surface area contributed by atoms with Crippen molar-refractivity contribution in [2.75, 3.05) is 13.2 Å². The zero-order valence-electron chi connectivity index (χ0n) is 14.2. The Hall–Kier alpha value is -2.64. The number of phenolic OH excluding ortho intramolecular Hbond substituents is 1. The van der Waals surface area contributed by atoms with Gasteiger partial charge in [-0.15, -0.1) is 15.0 Å². The molecule has 1 aromatic heterocycles. The van der Waals surface area contributed by atoms with Crippen LogP contribution in [0.15, 0.2) is 42.5 Å². The van der Waals surface area contributed by atoms with E-state index in [1.54, 1.807) is 12.1 Å². The average molecular weight is 343 g/mol. The number of aliphatic hydroxyl groups excluding tert-OH is 1. The van der Waals surface area contributed by atoms with Gasteiger partial charge < -0.3 is 19.7 Å². The highest BCUT2D eigenvalue weighted by atomic mass is 16.5. The van der Waals surface area contributed by atoms with Gasteiger partial charge in [0.25, 0.3) is 0 Å². The van der Waals surface area contributed by atoms with Crippen molar-refractivity contribution in [3.8, 4) is 17.2 Å². The van der Waals surface area contributed by atoms with Crippen LogP contribution in [-0.4, -0.2) is 50.6 Å². The fourth-order valence-electron chi connectivity index (χ4n) is 2.27. The van der Waals surface area contributed by atoms with Gasteiger partial charge in [-0.25, -0.2) is 0 Å². The second kappa shape index (κ2) is 7.50. The van der Waals surface area contributed by atoms with Gasteiger partial charge in [0.1, 0.15) is 40.9 Å². The van der Waals surface area contributed by atoms with Crippen molar-refractivity contribution in [1.29, 1.82) is 0 Å². The summed E-state index contributed by atoms with van der Waals surface area (Å²) < 4.78 is 10.8. The molecule has 25 heavy (non-hydrogen) atoms. The lowest BCUT2D eigenvalue weighted by Gasteiger charge is -2.15. The van der Waals surface area contributed by atoms with Gasteiger partial charge in [-0.3, -0.25) is 0 Å². The van der Waals surface area contributed by atoms with Gasteiger partial charge >= 0.3 is 0 Å². The Balaban J connectivity index is 1.68. The average Bonchev–Trinajstić information content (AvgIpc) is 3.01. The first-order valence-electron chi connectivity index (χ1n) is 8.11. The lowest BCUT2D eigenvalue weighted by molar-refractivity contribution is -0.0123. The summed E-state index contributed by atoms with van der Waals surface area (Å²) in [6.07, 6.45) is -0.683. The topological polar surface area (TPSA) is 89.6 Å². The van der Waals surface area contributed by atoms with Crippen molar-refractivity contribution < 1.29 is 19.7 Å². The molecule has 2 N–H and O–H groups in total. The number of nitrogens with zero attached hydrogens (tertiary/aromatic N) is 3. The molecule has 0 spiro atoms. The maximum absolute atomic E-state index is 10.2. The Morgan fingerprint density at radius 3 is 2.32 bits per heavy atom. The molecule has 3 rings (SSSR count). The molecule has 0 bridgehead atoms. The standard InChI is InChI=1S/C18H21N3O4/c1-12(2)24-10-13(22)11-25-14-7-8-17(18(23)9-14)21-19-15-5-3-4-6-16(15)20-21/h3-9,12-13,22-23H,10-11H2,1-2H3. The summed E-state index contributed by atoms with van der Waals surface area (Å²) in [7, 11) is 0. The Morgan fingerprint density at radius 1 is 1.04 bits per heavy atom. The van der Waals surface area contributed by atoms with Crippen molar-refractivity contribution in [2.45, 2.75) is 26.1 Å². The minimum absolute atomic E-state index is 0.00859. The molecule has 3 aromatic rings. The fourth-order valence-corrected chi connectivity index (χ4v) is 2.27. The first kappa shape index (κ1) is 17.2. The highest BCUT2D eigenvalue weighted by molar-refractivity contribution is 5.73. The molecule has 7 heteroatoms. The molecule has 0 saturated carbocycles. The van der Waals surface area contributed by atoms with Gasteiger partial charge in [0, 0.05) is 6.07 Å². The first-order chi connectivity index (χ1) is 12.0. The zero-order valence-corrected chi connectivity index (χ0v) is 14.2. The Bertz CT molecular complexity index is 814. The number of fused-ring (bicyclic) bond motifs is 1. The number of hydrogen-bond acceptors (Lipinski definition) is 6. The van der Waals surface area contributed by atoms with Crippen LogP contribution in [0, 0.1) is 0 Å². The van der Waals surface area contributed by atoms with Gasteiger partial charge in [-0.05, 0) is 38.1 Å². The van der Waals surface area contributed by atoms with Crippen LogP contribution >= 0.6 is 0 Å². The molecule has 7 nitrogen and oxygen atoms in total. The summed E-state index contributed by atoms with van der Waals surface area (Å²) in [4.78, 5) is 1.38. The number of aromatic nitrogens is 3. The summed E-state index contributed by atoms with van der Waals surface area (Å²) >= 11 is 0. The largest absolute Gasteiger partial charge is 0.505 e. The molecule has 0 radical (unpaired) electrons. The van der Waals surface area contributed by atoms with Crippen LogP contribution in [0.2, 0.25) is 0 Å². The smallest absolute Gasteiger partial charge is 0.146 e. The predicted molar refractivity (Wildman–Crippen MR) is 93.1 cm³/mol. The number of rotatable bonds is 7. The Labute approximate surface area is 145 Å². The minimum atomic E-state index is -0.734. The van der Waals surface area contributed by atoms with Crippen molar-refractivity contribution >= 4 is 11.0 Å². The van der Waals surface area contributed by atoms with E-state index < -0.39 is 6.10 Å². The third-order valence-electron chi connectivity index (χ3n) is 3.51. The molecule has 1 heterocycles. The maximum atomic E-state index is 10.2. The fraction of sp³-hybridized carbons (Fsp3) is 0.333. The molecule has 0 aliphatic carbocycles. The maximum Gasteiger partial charge on any atom is 0.146 e. The van der Waals surface area contributed by atoms with Gasteiger partial charge in [-0.1, -0.05) is 12.1 Å². The second-order valence-corrected chi connectivity index (χ2v) is 5.98. The number of phenols is 1. The molecule has 1 unspecified atom stereocenters. The van der Waals surface area contributed by atoms with Gasteiger partial charge in [-0.2, -0.15) is 0 Å². The van der Waals surface area contributed by atoms with E-state index in [1.165, 1.54) is 10.9 Å². The third kappa shape index (κ3) is 4.26. The van der Waals surface area contributed by atoms with E-state index >= 15 is 0 Å². The van der Waals surface area contributed by atoms with Crippen LogP contribution in [-0.2, 0) is 4.74 Å². The normalized spacial score (nSPS) is 12.6. The van der Waals surface area contributed by atoms with Gasteiger partial charge in [0.05, 0.1) is 12.7 Å². The van der Waals surface area contributed by atoms with Crippen molar-refractivity contribution in [1.82, 2.24) is 15.0 Å². The SMILES string of the molecule is CC(C)OCC(O)COc1ccc(-n2nc3ccccc3n2)c(O)c1. The van der Waals surface area contributed by atoms with Crippen LogP contribution in [0.1, 0.15) is 13.8 Å². The Kier molecular flexibility index (Phi) is 5.16. The molecule has 0 saturated heterocycles. The second-order valence-electron chi connectivity index (χ2n) is 5.98. The van der Waals surface area contributed by atoms with Crippen molar-refractivity contribution in [3.05, 3.63) is 42.5 Å². The molecule has 0 amide bonds. The van der Waals surface area contributed by atoms with E-state index in [2.05, 4.69) is 10.2 Å². The van der Waals surface area contributed by atoms with Crippen LogP contribution in [0.5, 0.6) is 11.5 Å². The lowest BCUT2D eigenvalue weighted by atomic mass is 10.3. The van der Waals surface area contributed by atoms with Crippen LogP contribution in [0.4, 0.5) is 0 Å². The third-order valence-corrected chi connectivity index (χ3v) is 3.51. The van der Waals surface area contributed by atoms with Gasteiger partial charge in [0.2, 0.25) is 0 Å². The van der Waals surface area contributed by atoms with E-state index in [9.17, 15) is 10.2 Å². The summed E-state index contributed by atoms with van der Waals surface area (Å²) in [5, 5.41) is 28.7. The lowest BCUT2D eigenvalue weighted by Crippen LogP contribution is -2.25. The molecule has 132 valence electrons. The zero-order chi connectivity index (χ0) is 17.8. The van der Waals surface area contributed by atoms with Crippen LogP contribution in [0.3, 0.4) is 0 Å². The van der Waals surface area contributed by atoms with Gasteiger partial charge in [0.15, 0.2) is 0 Å². The summed E-state index contributed by atoms with van der Waals surface area (Å²) in [6.45, 7) is 4.08. The molecule has 0 fully saturated rings. The summed E-state index contributed by atoms with van der Waals surface area (Å²) in [5.74, 6) is 0.437. The van der Waals surface area contributed by atoms with E-state index in [0.717, 1.165) is 11.0 Å². The Morgan fingerprint density at radius 2 is 1.72 bits per heavy atom. The van der Waals surface area contributed by atoms with E-state index in [4.69, 9.17) is 9.47 Å². The predicted octanol–water partition coefficient (Wildman–Crippen LogP) is 2.29. The van der Waals surface area contributed by atoms with E-state index in [0.29, 0.717) is 11.4 Å². The van der Waals surface area contributed by atoms with Crippen LogP contribution < -0.4 is 4.74 Å². The van der Waals surface area contributed by atoms with Crippen LogP contribution in [0.25, 0.3) is 16.7 Å². The number of ether oxygens (including phenoxy) is 2. The summed E-state index contributed by atoms with van der Waals surface area (Å²) in [5.41, 5.74) is 1.94. The number of hydrogen-bond donors (Lipinski definition) is 2. The molecular formula is C18H21N3O4. The number of aliphatic hydroxyl groups is 1. The number of benzene rings is 2. The summed E-state index contributed by atoms with van der Waals surface area (Å²) in [6, 6.07) is 12.3. The molecule has 0 aliphatic heterocycles. The molecule has 0 aliphatic rings. The van der Waals surface area contributed by atoms with Crippen molar-refractivity contribution in [2.24, 2.45) is 0 Å². The molecule has 1 atom stereocenters. The van der Waals surface area contributed by atoms with E-state index in [-0.39, 0.29) is 25.1 Å². The quantitative estimate of drug-likeness (QED) is 0.684. The monoisotopic (exact) mass is 343 g/mol. The first-order valence-corrected chi connectivity index (χ1v) is 8.11.